The van der Waals surface area contributed by atoms with E-state index in [0.717, 1.165) is 16.7 Å². The maximum absolute atomic E-state index is 12.5. The first-order valence-corrected chi connectivity index (χ1v) is 8.49. The summed E-state index contributed by atoms with van der Waals surface area (Å²) >= 11 is 5.99. The molecule has 0 saturated carbocycles. The number of aliphatic carboxylic acids is 1. The number of thioether (sulfide) groups is 1. The fourth-order valence-corrected chi connectivity index (χ4v) is 3.70. The number of carboxylic acids is 1. The lowest BCUT2D eigenvalue weighted by atomic mass is 10.1. The Morgan fingerprint density at radius 3 is 2.31 bits per heavy atom. The Morgan fingerprint density at radius 2 is 1.88 bits per heavy atom. The molecule has 26 heavy (non-hydrogen) atoms. The molecule has 1 atom stereocenters. The van der Waals surface area contributed by atoms with E-state index in [4.69, 9.17) is 26.4 Å². The van der Waals surface area contributed by atoms with E-state index in [1.165, 1.54) is 27.4 Å². The second-order valence-electron chi connectivity index (χ2n) is 5.03. The van der Waals surface area contributed by atoms with Crippen LogP contribution in [0.2, 0.25) is 0 Å². The average molecular weight is 398 g/mol. The summed E-state index contributed by atoms with van der Waals surface area (Å²) in [6.07, 6.45) is 1.52. The molecule has 0 spiro atoms. The number of aliphatic hydroxyl groups excluding tert-OH is 1. The molecule has 1 N–H and O–H groups in total. The molecular weight excluding hydrogens is 382 g/mol. The molecule has 1 aromatic carbocycles. The lowest BCUT2D eigenvalue weighted by Gasteiger charge is -2.25. The second kappa shape index (κ2) is 8.39. The summed E-state index contributed by atoms with van der Waals surface area (Å²) in [6.45, 7) is -0.799. The maximum Gasteiger partial charge on any atom is 0.266 e. The molecule has 1 saturated heterocycles. The molecule has 1 fully saturated rings. The van der Waals surface area contributed by atoms with Crippen LogP contribution in [0.15, 0.2) is 17.0 Å². The standard InChI is InChI=1S/C16H17NO7S2/c1-22-10-4-8(5-11(23-2)13(10)24-3)6-12-14(19)17(16(25)26-12)9(7-18)15(20)21/h4-6,9,18H,7H2,1-3H3,(H,20,21)/p-1/b12-6-/t9-/m0/s1. The Labute approximate surface area is 159 Å². The first-order chi connectivity index (χ1) is 12.4. The van der Waals surface area contributed by atoms with Gasteiger partial charge < -0.3 is 29.2 Å². The molecule has 0 aliphatic carbocycles. The van der Waals surface area contributed by atoms with Crippen LogP contribution in [0.5, 0.6) is 17.2 Å². The summed E-state index contributed by atoms with van der Waals surface area (Å²) in [5.74, 6) is -1.01. The number of rotatable bonds is 7. The highest BCUT2D eigenvalue weighted by atomic mass is 32.2. The van der Waals surface area contributed by atoms with Crippen LogP contribution in [0.1, 0.15) is 5.56 Å². The highest BCUT2D eigenvalue weighted by Gasteiger charge is 2.37. The quantitative estimate of drug-likeness (QED) is 0.502. The zero-order chi connectivity index (χ0) is 19.4. The number of carbonyl (C=O) groups excluding carboxylic acids is 2. The largest absolute Gasteiger partial charge is 0.548 e. The number of amides is 1. The number of hydrogen-bond acceptors (Lipinski definition) is 9. The van der Waals surface area contributed by atoms with E-state index in [1.54, 1.807) is 12.1 Å². The minimum Gasteiger partial charge on any atom is -0.548 e. The first-order valence-electron chi connectivity index (χ1n) is 7.26. The fourth-order valence-electron chi connectivity index (χ4n) is 2.35. The summed E-state index contributed by atoms with van der Waals surface area (Å²) in [5.41, 5.74) is 0.564. The second-order valence-corrected chi connectivity index (χ2v) is 6.70. The summed E-state index contributed by atoms with van der Waals surface area (Å²) < 4.78 is 15.8. The number of hydrogen-bond donors (Lipinski definition) is 1. The topological polar surface area (TPSA) is 108 Å². The third kappa shape index (κ3) is 3.76. The summed E-state index contributed by atoms with van der Waals surface area (Å²) in [4.78, 5) is 24.7. The predicted molar refractivity (Wildman–Crippen MR) is 97.0 cm³/mol. The minimum absolute atomic E-state index is 0.0249. The van der Waals surface area contributed by atoms with Crippen molar-refractivity contribution in [2.45, 2.75) is 6.04 Å². The molecule has 10 heteroatoms. The van der Waals surface area contributed by atoms with Crippen molar-refractivity contribution in [2.75, 3.05) is 27.9 Å². The van der Waals surface area contributed by atoms with Gasteiger partial charge in [-0.2, -0.15) is 0 Å². The molecule has 1 aliphatic rings. The fraction of sp³-hybridized carbons (Fsp3) is 0.312. The third-order valence-corrected chi connectivity index (χ3v) is 4.90. The van der Waals surface area contributed by atoms with Gasteiger partial charge in [0.1, 0.15) is 10.4 Å². The van der Waals surface area contributed by atoms with Gasteiger partial charge in [-0.15, -0.1) is 0 Å². The molecule has 0 unspecified atom stereocenters. The van der Waals surface area contributed by atoms with E-state index in [1.807, 2.05) is 0 Å². The monoisotopic (exact) mass is 398 g/mol. The number of nitrogens with zero attached hydrogens (tertiary/aromatic N) is 1. The van der Waals surface area contributed by atoms with Crippen molar-refractivity contribution in [2.24, 2.45) is 0 Å². The average Bonchev–Trinajstić information content (AvgIpc) is 2.88. The number of aliphatic hydroxyl groups is 1. The van der Waals surface area contributed by atoms with E-state index in [2.05, 4.69) is 0 Å². The van der Waals surface area contributed by atoms with Crippen molar-refractivity contribution >= 4 is 46.3 Å². The summed E-state index contributed by atoms with van der Waals surface area (Å²) in [6, 6.07) is 1.74. The van der Waals surface area contributed by atoms with Crippen molar-refractivity contribution in [1.82, 2.24) is 4.90 Å². The van der Waals surface area contributed by atoms with Gasteiger partial charge >= 0.3 is 0 Å². The van der Waals surface area contributed by atoms with Gasteiger partial charge in [-0.05, 0) is 23.8 Å². The molecule has 0 bridgehead atoms. The van der Waals surface area contributed by atoms with E-state index < -0.39 is 24.5 Å². The van der Waals surface area contributed by atoms with Crippen molar-refractivity contribution < 1.29 is 34.0 Å². The Balaban J connectivity index is 2.43. The summed E-state index contributed by atoms with van der Waals surface area (Å²) in [7, 11) is 4.40. The number of carbonyl (C=O) groups is 2. The van der Waals surface area contributed by atoms with E-state index in [9.17, 15) is 19.8 Å². The highest BCUT2D eigenvalue weighted by molar-refractivity contribution is 8.26. The predicted octanol–water partition coefficient (Wildman–Crippen LogP) is 0.0244. The Morgan fingerprint density at radius 1 is 1.31 bits per heavy atom. The molecule has 8 nitrogen and oxygen atoms in total. The lowest BCUT2D eigenvalue weighted by Crippen LogP contribution is -2.51. The van der Waals surface area contributed by atoms with Gasteiger partial charge in [0.2, 0.25) is 5.75 Å². The summed E-state index contributed by atoms with van der Waals surface area (Å²) in [5, 5.41) is 20.3. The Bertz CT molecular complexity index is 753. The Hall–Kier alpha value is -2.30. The molecule has 1 amide bonds. The molecule has 2 rings (SSSR count). The van der Waals surface area contributed by atoms with Gasteiger partial charge in [0, 0.05) is 0 Å². The van der Waals surface area contributed by atoms with Gasteiger partial charge in [0.05, 0.1) is 38.8 Å². The van der Waals surface area contributed by atoms with Crippen molar-refractivity contribution in [1.29, 1.82) is 0 Å². The van der Waals surface area contributed by atoms with Crippen LogP contribution >= 0.6 is 24.0 Å². The molecule has 0 aromatic heterocycles. The van der Waals surface area contributed by atoms with Crippen LogP contribution in [0.25, 0.3) is 6.08 Å². The third-order valence-electron chi connectivity index (χ3n) is 3.57. The smallest absolute Gasteiger partial charge is 0.266 e. The molecule has 140 valence electrons. The van der Waals surface area contributed by atoms with Gasteiger partial charge in [-0.25, -0.2) is 0 Å². The minimum atomic E-state index is -1.59. The molecular formula is C16H16NO7S2-. The lowest BCUT2D eigenvalue weighted by molar-refractivity contribution is -0.311. The number of methoxy groups -OCH3 is 3. The highest BCUT2D eigenvalue weighted by Crippen LogP contribution is 2.40. The van der Waals surface area contributed by atoms with Gasteiger partial charge in [-0.3, -0.25) is 9.69 Å². The molecule has 0 radical (unpaired) electrons. The van der Waals surface area contributed by atoms with Gasteiger partial charge in [0.25, 0.3) is 5.91 Å². The van der Waals surface area contributed by atoms with Crippen LogP contribution in [0, 0.1) is 0 Å². The van der Waals surface area contributed by atoms with Gasteiger partial charge in [-0.1, -0.05) is 24.0 Å². The molecule has 1 aromatic rings. The number of carboxylic acid groups (broad SMARTS) is 1. The van der Waals surface area contributed by atoms with Crippen LogP contribution < -0.4 is 19.3 Å². The molecule has 1 heterocycles. The normalized spacial score (nSPS) is 16.8. The SMILES string of the molecule is COc1cc(/C=C2\SC(=S)N([C@@H](CO)C(=O)[O-])C2=O)cc(OC)c1OC. The Kier molecular flexibility index (Phi) is 6.46. The van der Waals surface area contributed by atoms with Gasteiger partial charge in [0.15, 0.2) is 11.5 Å². The van der Waals surface area contributed by atoms with Crippen molar-refractivity contribution in [3.05, 3.63) is 22.6 Å². The van der Waals surface area contributed by atoms with Crippen LogP contribution in [-0.2, 0) is 9.59 Å². The van der Waals surface area contributed by atoms with E-state index >= 15 is 0 Å². The van der Waals surface area contributed by atoms with Crippen molar-refractivity contribution in [3.63, 3.8) is 0 Å². The van der Waals surface area contributed by atoms with Crippen LogP contribution in [0.3, 0.4) is 0 Å². The number of benzene rings is 1. The van der Waals surface area contributed by atoms with Crippen LogP contribution in [-0.4, -0.2) is 60.2 Å². The number of thiocarbonyl (C=S) groups is 1. The van der Waals surface area contributed by atoms with E-state index in [0.29, 0.717) is 22.8 Å². The van der Waals surface area contributed by atoms with Crippen molar-refractivity contribution in [3.8, 4) is 17.2 Å². The molecule has 1 aliphatic heterocycles. The maximum atomic E-state index is 12.5. The zero-order valence-electron chi connectivity index (χ0n) is 14.2. The first kappa shape index (κ1) is 20.0. The van der Waals surface area contributed by atoms with E-state index in [-0.39, 0.29) is 9.23 Å². The number of ether oxygens (including phenoxy) is 3. The zero-order valence-corrected chi connectivity index (χ0v) is 15.8. The van der Waals surface area contributed by atoms with Crippen LogP contribution in [0.4, 0.5) is 0 Å².